The summed E-state index contributed by atoms with van der Waals surface area (Å²) in [5.74, 6) is 1.11. The van der Waals surface area contributed by atoms with Gasteiger partial charge >= 0.3 is 0 Å². The molecule has 5 aromatic rings. The Morgan fingerprint density at radius 3 is 1.58 bits per heavy atom. The summed E-state index contributed by atoms with van der Waals surface area (Å²) in [5, 5.41) is 11.3. The molecule has 2 unspecified atom stereocenters. The molecule has 64 heavy (non-hydrogen) atoms. The molecule has 0 aromatic heterocycles. The van der Waals surface area contributed by atoms with Gasteiger partial charge in [-0.25, -0.2) is 0 Å². The number of amides is 2. The molecule has 9 rings (SSSR count). The zero-order valence-electron chi connectivity index (χ0n) is 36.9. The largest absolute Gasteiger partial charge is 0.493 e. The average molecular weight is 862 g/mol. The fraction of sp³-hybridized carbons (Fsp3) is 0.280. The molecule has 0 radical (unpaired) electrons. The molecule has 0 bridgehead atoms. The summed E-state index contributed by atoms with van der Waals surface area (Å²) in [7, 11) is 3.03. The van der Waals surface area contributed by atoms with Gasteiger partial charge in [0.15, 0.2) is 23.0 Å². The van der Waals surface area contributed by atoms with Gasteiger partial charge in [0.25, 0.3) is 5.69 Å². The number of nitrogens with zero attached hydrogens (tertiary/aromatic N) is 3. The second-order valence-corrected chi connectivity index (χ2v) is 17.7. The standard InChI is InChI=1S/C50H48N6O8/c1-29-21-38(52-44(58)28-56-40-16-12-10-14-36(40)48(5,6)50(56)20-18-32-24-34(54-60)26-42(62-8)46(32)64-50)30(2)22-37(29)51-43(57)27-55-39-15-11-9-13-35(39)47(3,4)49(55)19-17-31-23-33(53-59)25-41(61-7)45(31)63-49/h9-26H,27-28H2,1-8H3,(H,51,57)(H,52,58)/p+1. The van der Waals surface area contributed by atoms with E-state index in [-0.39, 0.29) is 30.6 Å². The van der Waals surface area contributed by atoms with E-state index in [0.29, 0.717) is 51.2 Å². The number of fused-ring (bicyclic) bond motifs is 4. The highest BCUT2D eigenvalue weighted by molar-refractivity contribution is 5.99. The van der Waals surface area contributed by atoms with Crippen LogP contribution >= 0.6 is 0 Å². The van der Waals surface area contributed by atoms with Gasteiger partial charge in [-0.05, 0) is 124 Å². The van der Waals surface area contributed by atoms with Crippen molar-refractivity contribution < 1.29 is 33.7 Å². The molecule has 2 amide bonds. The molecule has 2 atom stereocenters. The molecule has 0 fully saturated rings. The van der Waals surface area contributed by atoms with E-state index in [1.807, 2.05) is 114 Å². The predicted octanol–water partition coefficient (Wildman–Crippen LogP) is 8.27. The highest BCUT2D eigenvalue weighted by Gasteiger charge is 2.61. The number of hydrogen-bond acceptors (Lipinski definition) is 11. The minimum absolute atomic E-state index is 0.0585. The number of anilines is 4. The van der Waals surface area contributed by atoms with Crippen molar-refractivity contribution in [3.8, 4) is 23.0 Å². The van der Waals surface area contributed by atoms with Crippen molar-refractivity contribution in [1.29, 1.82) is 0 Å². The predicted molar refractivity (Wildman–Crippen MR) is 247 cm³/mol. The monoisotopic (exact) mass is 861 g/mol. The van der Waals surface area contributed by atoms with Crippen LogP contribution in [0.25, 0.3) is 12.2 Å². The minimum Gasteiger partial charge on any atom is -0.493 e. The summed E-state index contributed by atoms with van der Waals surface area (Å²) in [6, 6.07) is 26.1. The van der Waals surface area contributed by atoms with E-state index in [0.717, 1.165) is 33.6 Å². The maximum absolute atomic E-state index is 14.2. The summed E-state index contributed by atoms with van der Waals surface area (Å²) >= 11 is 0. The minimum atomic E-state index is -1.14. The molecular formula is C50H49N6O8+. The van der Waals surface area contributed by atoms with Crippen molar-refractivity contribution in [2.75, 3.05) is 47.7 Å². The van der Waals surface area contributed by atoms with Crippen molar-refractivity contribution in [2.45, 2.75) is 63.8 Å². The first-order valence-electron chi connectivity index (χ1n) is 21.0. The number of hydrogen-bond donors (Lipinski definition) is 3. The fourth-order valence-electron chi connectivity index (χ4n) is 9.91. The number of para-hydroxylation sites is 2. The highest BCUT2D eigenvalue weighted by atomic mass is 16.6. The van der Waals surface area contributed by atoms with Crippen molar-refractivity contribution in [3.05, 3.63) is 140 Å². The lowest BCUT2D eigenvalue weighted by Crippen LogP contribution is -2.61. The van der Waals surface area contributed by atoms with Crippen LogP contribution in [0, 0.1) is 23.7 Å². The second-order valence-electron chi connectivity index (χ2n) is 17.7. The number of benzene rings is 5. The average Bonchev–Trinajstić information content (AvgIpc) is 3.57. The first-order valence-corrected chi connectivity index (χ1v) is 21.0. The number of carbonyl (C=O) groups is 2. The summed E-state index contributed by atoms with van der Waals surface area (Å²) < 4.78 is 25.2. The molecule has 5 aromatic carbocycles. The smallest absolute Gasteiger partial charge is 0.257 e. The van der Waals surface area contributed by atoms with E-state index < -0.39 is 22.3 Å². The third-order valence-corrected chi connectivity index (χ3v) is 13.4. The Hall–Kier alpha value is -7.48. The van der Waals surface area contributed by atoms with Gasteiger partial charge in [0, 0.05) is 56.1 Å². The van der Waals surface area contributed by atoms with E-state index in [1.165, 1.54) is 20.3 Å². The number of methoxy groups -OCH3 is 2. The van der Waals surface area contributed by atoms with Crippen molar-refractivity contribution in [2.24, 2.45) is 5.18 Å². The van der Waals surface area contributed by atoms with Gasteiger partial charge in [-0.1, -0.05) is 36.4 Å². The Morgan fingerprint density at radius 1 is 0.672 bits per heavy atom. The topological polar surface area (TPSA) is 162 Å². The van der Waals surface area contributed by atoms with Gasteiger partial charge in [0.1, 0.15) is 18.8 Å². The maximum Gasteiger partial charge on any atom is 0.257 e. The Bertz CT molecular complexity index is 2680. The van der Waals surface area contributed by atoms with E-state index in [4.69, 9.17) is 18.9 Å². The number of nitroso groups, excluding NO2 is 2. The molecule has 4 aliphatic rings. The van der Waals surface area contributed by atoms with Gasteiger partial charge in [-0.2, -0.15) is 0 Å². The molecule has 14 nitrogen and oxygen atoms in total. The van der Waals surface area contributed by atoms with Gasteiger partial charge in [0.05, 0.1) is 31.1 Å². The van der Waals surface area contributed by atoms with E-state index in [1.54, 1.807) is 18.2 Å². The molecule has 3 N–H and O–H groups in total. The summed E-state index contributed by atoms with van der Waals surface area (Å²) in [6.07, 6.45) is 7.67. The van der Waals surface area contributed by atoms with Gasteiger partial charge in [0.2, 0.25) is 23.3 Å². The molecule has 4 aliphatic heterocycles. The Balaban J connectivity index is 0.963. The van der Waals surface area contributed by atoms with Crippen LogP contribution in [0.2, 0.25) is 0 Å². The highest BCUT2D eigenvalue weighted by Crippen LogP contribution is 2.58. The summed E-state index contributed by atoms with van der Waals surface area (Å²) in [4.78, 5) is 55.4. The van der Waals surface area contributed by atoms with Gasteiger partial charge in [-0.3, -0.25) is 9.59 Å². The molecule has 0 saturated heterocycles. The molecule has 4 heterocycles. The summed E-state index contributed by atoms with van der Waals surface area (Å²) in [6.45, 7) is 12.0. The number of carbonyl (C=O) groups excluding carboxylic acids is 2. The van der Waals surface area contributed by atoms with Crippen LogP contribution < -0.4 is 44.6 Å². The van der Waals surface area contributed by atoms with Crippen LogP contribution in [0.1, 0.15) is 61.1 Å². The maximum atomic E-state index is 14.2. The van der Waals surface area contributed by atoms with Crippen molar-refractivity contribution in [3.63, 3.8) is 0 Å². The van der Waals surface area contributed by atoms with Crippen LogP contribution in [0.5, 0.6) is 23.0 Å². The van der Waals surface area contributed by atoms with Crippen LogP contribution in [-0.4, -0.2) is 50.6 Å². The zero-order chi connectivity index (χ0) is 45.3. The second kappa shape index (κ2) is 15.1. The normalized spacial score (nSPS) is 20.1. The number of nitrogens with one attached hydrogen (secondary N) is 3. The van der Waals surface area contributed by atoms with Crippen molar-refractivity contribution in [1.82, 2.24) is 0 Å². The van der Waals surface area contributed by atoms with Gasteiger partial charge in [-0.15, -0.1) is 4.91 Å². The van der Waals surface area contributed by atoms with E-state index >= 15 is 0 Å². The SMILES string of the molecule is COc1cc(N=O)cc2c1OC1(C=C2)N(CC(=O)Nc2cc(C)c(NC(=O)CN3c4ccccc4C(C)(C)C34C=Cc3cc([NH+]=O)cc(OC)c3O4)cc2C)c2ccccc2C1(C)C. The molecular weight excluding hydrogens is 813 g/mol. The lowest BCUT2D eigenvalue weighted by Gasteiger charge is -2.47. The molecule has 0 aliphatic carbocycles. The molecule has 14 heteroatoms. The number of aryl methyl sites for hydroxylation is 2. The third kappa shape index (κ3) is 6.21. The van der Waals surface area contributed by atoms with Crippen LogP contribution in [-0.2, 0) is 20.4 Å². The number of ether oxygens (including phenoxy) is 4. The fourth-order valence-corrected chi connectivity index (χ4v) is 9.91. The Morgan fingerprint density at radius 2 is 1.12 bits per heavy atom. The number of rotatable bonds is 10. The van der Waals surface area contributed by atoms with Crippen LogP contribution in [0.3, 0.4) is 0 Å². The Kier molecular flexibility index (Phi) is 9.88. The van der Waals surface area contributed by atoms with E-state index in [9.17, 15) is 19.4 Å². The third-order valence-electron chi connectivity index (χ3n) is 13.4. The lowest BCUT2D eigenvalue weighted by molar-refractivity contribution is -0.379. The molecule has 326 valence electrons. The molecule has 0 saturated carbocycles. The van der Waals surface area contributed by atoms with Crippen LogP contribution in [0.15, 0.2) is 102 Å². The quantitative estimate of drug-likeness (QED) is 0.117. The summed E-state index contributed by atoms with van der Waals surface area (Å²) in [5.41, 5.74) is 4.73. The molecule has 2 spiro atoms. The first kappa shape index (κ1) is 41.9. The van der Waals surface area contributed by atoms with Gasteiger partial charge < -0.3 is 39.4 Å². The van der Waals surface area contributed by atoms with E-state index in [2.05, 4.69) is 43.5 Å². The zero-order valence-corrected chi connectivity index (χ0v) is 36.9. The van der Waals surface area contributed by atoms with Crippen molar-refractivity contribution >= 4 is 58.1 Å². The lowest BCUT2D eigenvalue weighted by atomic mass is 9.76. The first-order chi connectivity index (χ1) is 30.6. The Labute approximate surface area is 370 Å². The van der Waals surface area contributed by atoms with Crippen LogP contribution in [0.4, 0.5) is 34.1 Å².